The Morgan fingerprint density at radius 1 is 0.930 bits per heavy atom. The van der Waals surface area contributed by atoms with E-state index in [1.165, 1.54) is 10.4 Å². The molecule has 5 rings (SSSR count). The van der Waals surface area contributed by atoms with Gasteiger partial charge in [0.25, 0.3) is 0 Å². The molecule has 2 aromatic carbocycles. The third kappa shape index (κ3) is 8.47. The van der Waals surface area contributed by atoms with Crippen LogP contribution in [0, 0.1) is 0 Å². The Kier molecular flexibility index (Phi) is 10.1. The molecule has 1 aliphatic carbocycles. The van der Waals surface area contributed by atoms with Gasteiger partial charge in [0.1, 0.15) is 11.6 Å². The largest absolute Gasteiger partial charge is 0.494 e. The minimum atomic E-state index is -3.73. The number of unbranched alkanes of at least 4 members (excludes halogenated alkanes) is 3. The number of hydrogen-bond donors (Lipinski definition) is 3. The van der Waals surface area contributed by atoms with E-state index in [9.17, 15) is 13.2 Å². The van der Waals surface area contributed by atoms with E-state index in [0.29, 0.717) is 41.4 Å². The van der Waals surface area contributed by atoms with E-state index in [1.807, 2.05) is 42.5 Å². The highest BCUT2D eigenvalue weighted by molar-refractivity contribution is 7.89. The normalized spacial score (nSPS) is 14.0. The molecule has 0 radical (unpaired) electrons. The molecule has 0 spiro atoms. The third-order valence-electron chi connectivity index (χ3n) is 7.61. The molecular weight excluding hydrogens is 566 g/mol. The number of rotatable bonds is 15. The van der Waals surface area contributed by atoms with E-state index >= 15 is 0 Å². The molecule has 0 amide bonds. The summed E-state index contributed by atoms with van der Waals surface area (Å²) < 4.78 is 34.1. The SMILES string of the molecule is O=C(O)CCCCCCOc1ccc(Nc2nc(NC3CCCCC3)c3ccn(S(=O)(=O)Cc4ccccc4)c3n2)cc1. The number of ether oxygens (including phenoxy) is 1. The molecule has 0 atom stereocenters. The first kappa shape index (κ1) is 30.3. The average Bonchev–Trinajstić information content (AvgIpc) is 3.44. The molecule has 4 aromatic rings. The summed E-state index contributed by atoms with van der Waals surface area (Å²) in [5, 5.41) is 16.2. The van der Waals surface area contributed by atoms with Crippen molar-refractivity contribution in [2.75, 3.05) is 17.2 Å². The summed E-state index contributed by atoms with van der Waals surface area (Å²) in [4.78, 5) is 20.1. The van der Waals surface area contributed by atoms with Crippen LogP contribution in [-0.2, 0) is 20.6 Å². The highest BCUT2D eigenvalue weighted by atomic mass is 32.2. The van der Waals surface area contributed by atoms with Gasteiger partial charge in [0.15, 0.2) is 5.65 Å². The molecule has 2 aromatic heterocycles. The lowest BCUT2D eigenvalue weighted by Crippen LogP contribution is -2.23. The summed E-state index contributed by atoms with van der Waals surface area (Å²) in [6.07, 6.45) is 10.7. The molecule has 1 saturated carbocycles. The fraction of sp³-hybridized carbons (Fsp3) is 0.406. The maximum Gasteiger partial charge on any atom is 0.303 e. The van der Waals surface area contributed by atoms with Gasteiger partial charge in [-0.1, -0.05) is 62.4 Å². The van der Waals surface area contributed by atoms with Crippen LogP contribution in [0.15, 0.2) is 66.9 Å². The number of carboxylic acid groups (broad SMARTS) is 1. The Labute approximate surface area is 252 Å². The Morgan fingerprint density at radius 2 is 1.67 bits per heavy atom. The van der Waals surface area contributed by atoms with Crippen molar-refractivity contribution in [3.8, 4) is 5.75 Å². The molecular formula is C32H39N5O5S. The van der Waals surface area contributed by atoms with Crippen LogP contribution >= 0.6 is 0 Å². The lowest BCUT2D eigenvalue weighted by atomic mass is 9.95. The van der Waals surface area contributed by atoms with E-state index in [1.54, 1.807) is 24.4 Å². The van der Waals surface area contributed by atoms with Gasteiger partial charge in [-0.25, -0.2) is 12.4 Å². The predicted molar refractivity (Wildman–Crippen MR) is 168 cm³/mol. The first-order valence-electron chi connectivity index (χ1n) is 15.0. The van der Waals surface area contributed by atoms with Crippen molar-refractivity contribution >= 4 is 44.5 Å². The highest BCUT2D eigenvalue weighted by Gasteiger charge is 2.22. The third-order valence-corrected chi connectivity index (χ3v) is 9.20. The lowest BCUT2D eigenvalue weighted by molar-refractivity contribution is -0.137. The smallest absolute Gasteiger partial charge is 0.303 e. The Bertz CT molecular complexity index is 1600. The van der Waals surface area contributed by atoms with Crippen molar-refractivity contribution in [2.24, 2.45) is 0 Å². The van der Waals surface area contributed by atoms with Crippen LogP contribution in [0.4, 0.5) is 17.5 Å². The standard InChI is InChI=1S/C32H39N5O5S/c38-29(39)15-9-1-2-10-22-42-27-18-16-26(17-19-27)34-32-35-30(33-25-13-7-4-8-14-25)28-20-21-37(31(28)36-32)43(40,41)23-24-11-5-3-6-12-24/h3,5-6,11-12,16-21,25H,1-2,4,7-10,13-15,22-23H2,(H,38,39)(H2,33,34,35,36). The van der Waals surface area contributed by atoms with Gasteiger partial charge >= 0.3 is 5.97 Å². The van der Waals surface area contributed by atoms with Gasteiger partial charge in [-0.3, -0.25) is 4.79 Å². The molecule has 1 aliphatic rings. The number of aliphatic carboxylic acids is 1. The first-order valence-corrected chi connectivity index (χ1v) is 16.6. The number of nitrogens with one attached hydrogen (secondary N) is 2. The van der Waals surface area contributed by atoms with E-state index < -0.39 is 16.0 Å². The molecule has 2 heterocycles. The Hall–Kier alpha value is -4.12. The molecule has 0 unspecified atom stereocenters. The predicted octanol–water partition coefficient (Wildman–Crippen LogP) is 6.71. The zero-order valence-corrected chi connectivity index (χ0v) is 25.1. The molecule has 10 nitrogen and oxygen atoms in total. The second-order valence-electron chi connectivity index (χ2n) is 11.0. The van der Waals surface area contributed by atoms with E-state index in [4.69, 9.17) is 14.8 Å². The maximum atomic E-state index is 13.5. The number of carboxylic acids is 1. The summed E-state index contributed by atoms with van der Waals surface area (Å²) in [5.41, 5.74) is 1.78. The van der Waals surface area contributed by atoms with Crippen molar-refractivity contribution < 1.29 is 23.1 Å². The monoisotopic (exact) mass is 605 g/mol. The van der Waals surface area contributed by atoms with E-state index in [2.05, 4.69) is 15.6 Å². The zero-order chi connectivity index (χ0) is 30.1. The number of aromatic nitrogens is 3. The van der Waals surface area contributed by atoms with Crippen LogP contribution in [0.2, 0.25) is 0 Å². The molecule has 11 heteroatoms. The van der Waals surface area contributed by atoms with Crippen molar-refractivity contribution in [1.29, 1.82) is 0 Å². The fourth-order valence-corrected chi connectivity index (χ4v) is 6.76. The molecule has 3 N–H and O–H groups in total. The van der Waals surface area contributed by atoms with Crippen LogP contribution in [0.3, 0.4) is 0 Å². The second-order valence-corrected chi connectivity index (χ2v) is 12.9. The van der Waals surface area contributed by atoms with Crippen LogP contribution in [0.5, 0.6) is 5.75 Å². The van der Waals surface area contributed by atoms with Gasteiger partial charge < -0.3 is 20.5 Å². The first-order chi connectivity index (χ1) is 20.9. The van der Waals surface area contributed by atoms with Gasteiger partial charge in [0, 0.05) is 24.3 Å². The summed E-state index contributed by atoms with van der Waals surface area (Å²) in [5.74, 6) is 0.758. The topological polar surface area (TPSA) is 135 Å². The van der Waals surface area contributed by atoms with E-state index in [-0.39, 0.29) is 18.2 Å². The zero-order valence-electron chi connectivity index (χ0n) is 24.2. The van der Waals surface area contributed by atoms with Crippen LogP contribution in [0.1, 0.15) is 69.8 Å². The summed E-state index contributed by atoms with van der Waals surface area (Å²) in [6.45, 7) is 0.560. The van der Waals surface area contributed by atoms with Gasteiger partial charge in [-0.15, -0.1) is 0 Å². The van der Waals surface area contributed by atoms with Crippen LogP contribution < -0.4 is 15.4 Å². The van der Waals surface area contributed by atoms with E-state index in [0.717, 1.165) is 56.4 Å². The number of carbonyl (C=O) groups is 1. The van der Waals surface area contributed by atoms with Crippen molar-refractivity contribution in [1.82, 2.24) is 13.9 Å². The van der Waals surface area contributed by atoms with Crippen molar-refractivity contribution in [2.45, 2.75) is 76.0 Å². The number of fused-ring (bicyclic) bond motifs is 1. The second kappa shape index (κ2) is 14.4. The van der Waals surface area contributed by atoms with Crippen molar-refractivity contribution in [3.05, 3.63) is 72.4 Å². The molecule has 0 aliphatic heterocycles. The van der Waals surface area contributed by atoms with Crippen molar-refractivity contribution in [3.63, 3.8) is 0 Å². The Morgan fingerprint density at radius 3 is 2.42 bits per heavy atom. The van der Waals surface area contributed by atoms with Gasteiger partial charge in [0.05, 0.1) is 17.7 Å². The van der Waals surface area contributed by atoms with Crippen LogP contribution in [0.25, 0.3) is 11.0 Å². The fourth-order valence-electron chi connectivity index (χ4n) is 5.36. The molecule has 43 heavy (non-hydrogen) atoms. The average molecular weight is 606 g/mol. The number of hydrogen-bond acceptors (Lipinski definition) is 8. The Balaban J connectivity index is 1.32. The van der Waals surface area contributed by atoms with Gasteiger partial charge in [0.2, 0.25) is 16.0 Å². The quantitative estimate of drug-likeness (QED) is 0.126. The minimum Gasteiger partial charge on any atom is -0.494 e. The minimum absolute atomic E-state index is 0.139. The molecule has 228 valence electrons. The number of nitrogens with zero attached hydrogens (tertiary/aromatic N) is 3. The molecule has 0 bridgehead atoms. The maximum absolute atomic E-state index is 13.5. The highest BCUT2D eigenvalue weighted by Crippen LogP contribution is 2.30. The summed E-state index contributed by atoms with van der Waals surface area (Å²) >= 11 is 0. The lowest BCUT2D eigenvalue weighted by Gasteiger charge is -2.24. The van der Waals surface area contributed by atoms with Crippen LogP contribution in [-0.4, -0.2) is 46.1 Å². The number of anilines is 3. The molecule has 0 saturated heterocycles. The number of benzene rings is 2. The van der Waals surface area contributed by atoms with Gasteiger partial charge in [-0.05, 0) is 61.6 Å². The summed E-state index contributed by atoms with van der Waals surface area (Å²) in [6, 6.07) is 18.6. The van der Waals surface area contributed by atoms with Gasteiger partial charge in [-0.2, -0.15) is 9.97 Å². The summed E-state index contributed by atoms with van der Waals surface area (Å²) in [7, 11) is -3.73. The molecule has 1 fully saturated rings.